The average Bonchev–Trinajstić information content (AvgIpc) is 2.49. The predicted molar refractivity (Wildman–Crippen MR) is 82.4 cm³/mol. The summed E-state index contributed by atoms with van der Waals surface area (Å²) in [6.07, 6.45) is 6.63. The third kappa shape index (κ3) is 4.96. The topological polar surface area (TPSA) is 15.3 Å². The highest BCUT2D eigenvalue weighted by molar-refractivity contribution is 5.18. The third-order valence-corrected chi connectivity index (χ3v) is 4.03. The Balaban J connectivity index is 1.86. The summed E-state index contributed by atoms with van der Waals surface area (Å²) < 4.78 is 0. The van der Waals surface area contributed by atoms with Gasteiger partial charge in [-0.05, 0) is 57.4 Å². The molecule has 1 heterocycles. The number of hydrogen-bond donors (Lipinski definition) is 1. The molecule has 0 aliphatic carbocycles. The molecular formula is C17H28N2. The molecule has 0 spiro atoms. The zero-order valence-corrected chi connectivity index (χ0v) is 12.3. The smallest absolute Gasteiger partial charge is 0.0332 e. The second-order valence-electron chi connectivity index (χ2n) is 5.61. The molecule has 1 aliphatic rings. The van der Waals surface area contributed by atoms with Crippen molar-refractivity contribution in [3.8, 4) is 0 Å². The minimum Gasteiger partial charge on any atom is -0.310 e. The van der Waals surface area contributed by atoms with E-state index in [-0.39, 0.29) is 0 Å². The molecule has 0 radical (unpaired) electrons. The van der Waals surface area contributed by atoms with Gasteiger partial charge in [0.1, 0.15) is 0 Å². The van der Waals surface area contributed by atoms with Crippen LogP contribution in [0.4, 0.5) is 0 Å². The van der Waals surface area contributed by atoms with Crippen molar-refractivity contribution in [2.75, 3.05) is 26.2 Å². The van der Waals surface area contributed by atoms with Crippen LogP contribution in [0.1, 0.15) is 50.6 Å². The van der Waals surface area contributed by atoms with Gasteiger partial charge in [-0.15, -0.1) is 0 Å². The van der Waals surface area contributed by atoms with Crippen molar-refractivity contribution in [2.24, 2.45) is 0 Å². The number of hydrogen-bond acceptors (Lipinski definition) is 2. The molecule has 19 heavy (non-hydrogen) atoms. The van der Waals surface area contributed by atoms with Crippen molar-refractivity contribution in [3.05, 3.63) is 35.9 Å². The Morgan fingerprint density at radius 2 is 1.84 bits per heavy atom. The monoisotopic (exact) mass is 260 g/mol. The molecule has 1 N–H and O–H groups in total. The molecule has 0 saturated carbocycles. The average molecular weight is 260 g/mol. The van der Waals surface area contributed by atoms with E-state index in [0.29, 0.717) is 6.04 Å². The van der Waals surface area contributed by atoms with Crippen LogP contribution >= 0.6 is 0 Å². The molecule has 0 aromatic heterocycles. The van der Waals surface area contributed by atoms with Gasteiger partial charge in [0.25, 0.3) is 0 Å². The van der Waals surface area contributed by atoms with E-state index in [2.05, 4.69) is 47.5 Å². The number of likely N-dealkylation sites (tertiary alicyclic amines) is 1. The number of rotatable bonds is 7. The molecule has 1 aliphatic heterocycles. The maximum atomic E-state index is 3.70. The van der Waals surface area contributed by atoms with E-state index in [9.17, 15) is 0 Å². The van der Waals surface area contributed by atoms with Gasteiger partial charge < -0.3 is 10.2 Å². The van der Waals surface area contributed by atoms with Gasteiger partial charge in [0, 0.05) is 6.04 Å². The first-order chi connectivity index (χ1) is 9.40. The maximum absolute atomic E-state index is 3.70. The van der Waals surface area contributed by atoms with Crippen molar-refractivity contribution in [2.45, 2.75) is 45.1 Å². The molecule has 2 heteroatoms. The van der Waals surface area contributed by atoms with Crippen molar-refractivity contribution < 1.29 is 0 Å². The Kier molecular flexibility index (Phi) is 6.38. The SMILES string of the molecule is CCCNC(CCN1CCCCC1)c1ccccc1. The van der Waals surface area contributed by atoms with Crippen molar-refractivity contribution >= 4 is 0 Å². The first-order valence-corrected chi connectivity index (χ1v) is 7.91. The van der Waals surface area contributed by atoms with Crippen LogP contribution in [0.15, 0.2) is 30.3 Å². The lowest BCUT2D eigenvalue weighted by atomic mass is 10.0. The maximum Gasteiger partial charge on any atom is 0.0332 e. The van der Waals surface area contributed by atoms with Gasteiger partial charge in [0.05, 0.1) is 0 Å². The van der Waals surface area contributed by atoms with Gasteiger partial charge in [-0.2, -0.15) is 0 Å². The zero-order valence-electron chi connectivity index (χ0n) is 12.3. The fourth-order valence-electron chi connectivity index (χ4n) is 2.89. The molecule has 1 saturated heterocycles. The Hall–Kier alpha value is -0.860. The molecule has 1 aromatic rings. The van der Waals surface area contributed by atoms with Crippen molar-refractivity contribution in [3.63, 3.8) is 0 Å². The summed E-state index contributed by atoms with van der Waals surface area (Å²) in [6, 6.07) is 11.4. The van der Waals surface area contributed by atoms with E-state index in [1.807, 2.05) is 0 Å². The summed E-state index contributed by atoms with van der Waals surface area (Å²) in [6.45, 7) is 7.18. The normalized spacial score (nSPS) is 18.4. The molecule has 2 rings (SSSR count). The van der Waals surface area contributed by atoms with Crippen LogP contribution in [-0.2, 0) is 0 Å². The minimum absolute atomic E-state index is 0.517. The lowest BCUT2D eigenvalue weighted by Gasteiger charge is -2.28. The van der Waals surface area contributed by atoms with Crippen LogP contribution in [0.5, 0.6) is 0 Å². The largest absolute Gasteiger partial charge is 0.310 e. The molecule has 1 aromatic carbocycles. The molecular weight excluding hydrogens is 232 g/mol. The van der Waals surface area contributed by atoms with Crippen LogP contribution in [0.3, 0.4) is 0 Å². The third-order valence-electron chi connectivity index (χ3n) is 4.03. The quantitative estimate of drug-likeness (QED) is 0.806. The van der Waals surface area contributed by atoms with Crippen molar-refractivity contribution in [1.29, 1.82) is 0 Å². The Bertz CT molecular complexity index is 330. The van der Waals surface area contributed by atoms with Gasteiger partial charge in [0.2, 0.25) is 0 Å². The fraction of sp³-hybridized carbons (Fsp3) is 0.647. The Morgan fingerprint density at radius 3 is 2.53 bits per heavy atom. The van der Waals surface area contributed by atoms with Crippen LogP contribution in [-0.4, -0.2) is 31.1 Å². The molecule has 1 atom stereocenters. The number of piperidine rings is 1. The first kappa shape index (κ1) is 14.5. The van der Waals surface area contributed by atoms with E-state index in [1.165, 1.54) is 57.3 Å². The second-order valence-corrected chi connectivity index (χ2v) is 5.61. The van der Waals surface area contributed by atoms with Crippen LogP contribution < -0.4 is 5.32 Å². The second kappa shape index (κ2) is 8.34. The van der Waals surface area contributed by atoms with E-state index >= 15 is 0 Å². The summed E-state index contributed by atoms with van der Waals surface area (Å²) in [5.41, 5.74) is 1.44. The van der Waals surface area contributed by atoms with Crippen LogP contribution in [0.2, 0.25) is 0 Å². The predicted octanol–water partition coefficient (Wildman–Crippen LogP) is 3.60. The number of benzene rings is 1. The zero-order chi connectivity index (χ0) is 13.3. The van der Waals surface area contributed by atoms with Gasteiger partial charge in [0.15, 0.2) is 0 Å². The lowest BCUT2D eigenvalue weighted by molar-refractivity contribution is 0.217. The van der Waals surface area contributed by atoms with Gasteiger partial charge in [-0.1, -0.05) is 43.7 Å². The summed E-state index contributed by atoms with van der Waals surface area (Å²) >= 11 is 0. The van der Waals surface area contributed by atoms with E-state index in [0.717, 1.165) is 6.54 Å². The van der Waals surface area contributed by atoms with E-state index in [4.69, 9.17) is 0 Å². The summed E-state index contributed by atoms with van der Waals surface area (Å²) in [7, 11) is 0. The van der Waals surface area contributed by atoms with E-state index < -0.39 is 0 Å². The molecule has 0 amide bonds. The first-order valence-electron chi connectivity index (χ1n) is 7.91. The molecule has 1 fully saturated rings. The molecule has 106 valence electrons. The summed E-state index contributed by atoms with van der Waals surface area (Å²) in [5.74, 6) is 0. The van der Waals surface area contributed by atoms with E-state index in [1.54, 1.807) is 0 Å². The standard InChI is InChI=1S/C17H28N2/c1-2-12-18-17(16-9-5-3-6-10-16)11-15-19-13-7-4-8-14-19/h3,5-6,9-10,17-18H,2,4,7-8,11-15H2,1H3. The highest BCUT2D eigenvalue weighted by Gasteiger charge is 2.14. The Morgan fingerprint density at radius 1 is 1.11 bits per heavy atom. The number of nitrogens with zero attached hydrogens (tertiary/aromatic N) is 1. The summed E-state index contributed by atoms with van der Waals surface area (Å²) in [4.78, 5) is 2.63. The number of nitrogens with one attached hydrogen (secondary N) is 1. The molecule has 0 bridgehead atoms. The molecule has 2 nitrogen and oxygen atoms in total. The highest BCUT2D eigenvalue weighted by atomic mass is 15.1. The van der Waals surface area contributed by atoms with Gasteiger partial charge in [-0.3, -0.25) is 0 Å². The van der Waals surface area contributed by atoms with Crippen LogP contribution in [0, 0.1) is 0 Å². The van der Waals surface area contributed by atoms with Gasteiger partial charge >= 0.3 is 0 Å². The highest BCUT2D eigenvalue weighted by Crippen LogP contribution is 2.18. The van der Waals surface area contributed by atoms with Crippen molar-refractivity contribution in [1.82, 2.24) is 10.2 Å². The molecule has 1 unspecified atom stereocenters. The fourth-order valence-corrected chi connectivity index (χ4v) is 2.89. The summed E-state index contributed by atoms with van der Waals surface area (Å²) in [5, 5.41) is 3.70. The lowest BCUT2D eigenvalue weighted by Crippen LogP contribution is -2.33. The van der Waals surface area contributed by atoms with Crippen LogP contribution in [0.25, 0.3) is 0 Å². The van der Waals surface area contributed by atoms with Gasteiger partial charge in [-0.25, -0.2) is 0 Å². The minimum atomic E-state index is 0.517. The Labute approximate surface area is 118 Å².